The predicted molar refractivity (Wildman–Crippen MR) is 83.8 cm³/mol. The number of aryl methyl sites for hydroxylation is 1. The molecule has 8 heteroatoms. The summed E-state index contributed by atoms with van der Waals surface area (Å²) in [5.74, 6) is 0.385. The Balaban J connectivity index is 2.32. The van der Waals surface area contributed by atoms with Gasteiger partial charge in [0, 0.05) is 10.9 Å². The first-order valence-corrected chi connectivity index (χ1v) is 8.61. The van der Waals surface area contributed by atoms with E-state index < -0.39 is 10.0 Å². The second-order valence-corrected chi connectivity index (χ2v) is 7.74. The Kier molecular flexibility index (Phi) is 4.77. The lowest BCUT2D eigenvalue weighted by molar-refractivity contribution is 0.285. The van der Waals surface area contributed by atoms with E-state index in [2.05, 4.69) is 4.72 Å². The van der Waals surface area contributed by atoms with Crippen molar-refractivity contribution in [2.45, 2.75) is 17.7 Å². The second kappa shape index (κ2) is 6.23. The highest BCUT2D eigenvalue weighted by molar-refractivity contribution is 7.94. The van der Waals surface area contributed by atoms with Crippen LogP contribution in [0.15, 0.2) is 28.5 Å². The largest absolute Gasteiger partial charge is 0.495 e. The van der Waals surface area contributed by atoms with Crippen LogP contribution in [0, 0.1) is 6.92 Å². The Labute approximate surface area is 132 Å². The molecule has 21 heavy (non-hydrogen) atoms. The Morgan fingerprint density at radius 2 is 2.10 bits per heavy atom. The summed E-state index contributed by atoms with van der Waals surface area (Å²) in [5.41, 5.74) is 1.10. The van der Waals surface area contributed by atoms with Gasteiger partial charge < -0.3 is 9.84 Å². The molecule has 0 saturated carbocycles. The summed E-state index contributed by atoms with van der Waals surface area (Å²) in [5, 5.41) is 9.55. The monoisotopic (exact) mass is 347 g/mol. The SMILES string of the molecule is COc1cc(NS(=O)(=O)c2cc(C)c(CO)s2)ccc1Cl. The molecule has 2 N–H and O–H groups in total. The van der Waals surface area contributed by atoms with Gasteiger partial charge in [0.25, 0.3) is 10.0 Å². The molecule has 2 rings (SSSR count). The molecule has 0 amide bonds. The first-order valence-electron chi connectivity index (χ1n) is 5.94. The van der Waals surface area contributed by atoms with Crippen LogP contribution < -0.4 is 9.46 Å². The lowest BCUT2D eigenvalue weighted by Gasteiger charge is -2.09. The van der Waals surface area contributed by atoms with Crippen LogP contribution in [0.2, 0.25) is 5.02 Å². The number of anilines is 1. The smallest absolute Gasteiger partial charge is 0.271 e. The van der Waals surface area contributed by atoms with Crippen LogP contribution in [0.25, 0.3) is 0 Å². The van der Waals surface area contributed by atoms with Gasteiger partial charge in [-0.15, -0.1) is 11.3 Å². The Morgan fingerprint density at radius 1 is 1.38 bits per heavy atom. The van der Waals surface area contributed by atoms with E-state index in [0.29, 0.717) is 21.3 Å². The van der Waals surface area contributed by atoms with Crippen LogP contribution >= 0.6 is 22.9 Å². The van der Waals surface area contributed by atoms with Gasteiger partial charge in [-0.1, -0.05) is 11.6 Å². The van der Waals surface area contributed by atoms with Gasteiger partial charge in [0.15, 0.2) is 0 Å². The fourth-order valence-corrected chi connectivity index (χ4v) is 4.40. The highest BCUT2D eigenvalue weighted by atomic mass is 35.5. The molecule has 1 heterocycles. The molecule has 1 aromatic heterocycles. The number of hydrogen-bond donors (Lipinski definition) is 2. The number of benzene rings is 1. The summed E-state index contributed by atoms with van der Waals surface area (Å²) >= 11 is 6.94. The lowest BCUT2D eigenvalue weighted by atomic mass is 10.3. The second-order valence-electron chi connectivity index (χ2n) is 4.28. The summed E-state index contributed by atoms with van der Waals surface area (Å²) in [4.78, 5) is 0.629. The van der Waals surface area contributed by atoms with Crippen molar-refractivity contribution in [1.29, 1.82) is 0 Å². The van der Waals surface area contributed by atoms with Crippen molar-refractivity contribution >= 4 is 38.6 Å². The summed E-state index contributed by atoms with van der Waals surface area (Å²) in [6.07, 6.45) is 0. The number of hydrogen-bond acceptors (Lipinski definition) is 5. The molecular weight excluding hydrogens is 334 g/mol. The highest BCUT2D eigenvalue weighted by Crippen LogP contribution is 2.31. The normalized spacial score (nSPS) is 11.4. The van der Waals surface area contributed by atoms with Crippen LogP contribution in [0.4, 0.5) is 5.69 Å². The molecule has 0 unspecified atom stereocenters. The van der Waals surface area contributed by atoms with Crippen LogP contribution in [-0.4, -0.2) is 20.6 Å². The number of halogens is 1. The maximum atomic E-state index is 12.3. The zero-order valence-electron chi connectivity index (χ0n) is 11.4. The van der Waals surface area contributed by atoms with Gasteiger partial charge in [0.05, 0.1) is 24.4 Å². The number of methoxy groups -OCH3 is 1. The molecular formula is C13H14ClNO4S2. The molecule has 0 aliphatic rings. The van der Waals surface area contributed by atoms with Crippen molar-refractivity contribution in [1.82, 2.24) is 0 Å². The molecule has 0 saturated heterocycles. The van der Waals surface area contributed by atoms with E-state index >= 15 is 0 Å². The fraction of sp³-hybridized carbons (Fsp3) is 0.231. The molecule has 114 valence electrons. The van der Waals surface area contributed by atoms with E-state index in [4.69, 9.17) is 21.4 Å². The third-order valence-corrected chi connectivity index (χ3v) is 6.20. The van der Waals surface area contributed by atoms with Gasteiger partial charge in [-0.2, -0.15) is 0 Å². The Bertz CT molecular complexity index is 756. The molecule has 2 aromatic rings. The number of nitrogens with one attached hydrogen (secondary N) is 1. The third kappa shape index (κ3) is 3.49. The zero-order chi connectivity index (χ0) is 15.6. The van der Waals surface area contributed by atoms with Gasteiger partial charge in [-0.05, 0) is 30.7 Å². The minimum atomic E-state index is -3.70. The summed E-state index contributed by atoms with van der Waals surface area (Å²) in [6.45, 7) is 1.58. The molecule has 0 fully saturated rings. The van der Waals surface area contributed by atoms with Crippen molar-refractivity contribution in [3.8, 4) is 5.75 Å². The topological polar surface area (TPSA) is 75.6 Å². The predicted octanol–water partition coefficient (Wildman–Crippen LogP) is 3.01. The number of thiophene rings is 1. The third-order valence-electron chi connectivity index (χ3n) is 2.81. The molecule has 0 radical (unpaired) electrons. The van der Waals surface area contributed by atoms with Crippen LogP contribution in [0.5, 0.6) is 5.75 Å². The number of ether oxygens (including phenoxy) is 1. The number of rotatable bonds is 5. The van der Waals surface area contributed by atoms with Crippen molar-refractivity contribution in [3.05, 3.63) is 39.7 Å². The van der Waals surface area contributed by atoms with Gasteiger partial charge in [0.1, 0.15) is 9.96 Å². The standard InChI is InChI=1S/C13H14ClNO4S2/c1-8-5-13(20-12(8)7-16)21(17,18)15-9-3-4-10(14)11(6-9)19-2/h3-6,15-16H,7H2,1-2H3. The van der Waals surface area contributed by atoms with Crippen molar-refractivity contribution in [3.63, 3.8) is 0 Å². The average molecular weight is 348 g/mol. The molecule has 0 bridgehead atoms. The molecule has 0 aliphatic carbocycles. The van der Waals surface area contributed by atoms with Gasteiger partial charge >= 0.3 is 0 Å². The van der Waals surface area contributed by atoms with E-state index in [9.17, 15) is 8.42 Å². The quantitative estimate of drug-likeness (QED) is 0.871. The minimum Gasteiger partial charge on any atom is -0.495 e. The number of aliphatic hydroxyl groups is 1. The van der Waals surface area contributed by atoms with Crippen molar-refractivity contribution in [2.24, 2.45) is 0 Å². The summed E-state index contributed by atoms with van der Waals surface area (Å²) in [6, 6.07) is 6.14. The summed E-state index contributed by atoms with van der Waals surface area (Å²) in [7, 11) is -2.25. The first kappa shape index (κ1) is 16.1. The average Bonchev–Trinajstić information content (AvgIpc) is 2.82. The fourth-order valence-electron chi connectivity index (χ4n) is 1.71. The summed E-state index contributed by atoms with van der Waals surface area (Å²) < 4.78 is 32.3. The maximum Gasteiger partial charge on any atom is 0.271 e. The van der Waals surface area contributed by atoms with Gasteiger partial charge in [-0.3, -0.25) is 4.72 Å². The van der Waals surface area contributed by atoms with Crippen LogP contribution in [0.1, 0.15) is 10.4 Å². The van der Waals surface area contributed by atoms with Gasteiger partial charge in [0.2, 0.25) is 0 Å². The zero-order valence-corrected chi connectivity index (χ0v) is 13.8. The Morgan fingerprint density at radius 3 is 2.67 bits per heavy atom. The first-order chi connectivity index (χ1) is 9.87. The van der Waals surface area contributed by atoms with E-state index in [1.54, 1.807) is 19.1 Å². The van der Waals surface area contributed by atoms with Crippen LogP contribution in [-0.2, 0) is 16.6 Å². The molecule has 0 atom stereocenters. The van der Waals surface area contributed by atoms with Crippen molar-refractivity contribution in [2.75, 3.05) is 11.8 Å². The van der Waals surface area contributed by atoms with Crippen molar-refractivity contribution < 1.29 is 18.3 Å². The lowest BCUT2D eigenvalue weighted by Crippen LogP contribution is -2.11. The molecule has 0 aliphatic heterocycles. The maximum absolute atomic E-state index is 12.3. The molecule has 5 nitrogen and oxygen atoms in total. The minimum absolute atomic E-state index is 0.151. The van der Waals surface area contributed by atoms with E-state index in [-0.39, 0.29) is 10.8 Å². The number of aliphatic hydroxyl groups excluding tert-OH is 1. The molecule has 1 aromatic carbocycles. The van der Waals surface area contributed by atoms with Crippen LogP contribution in [0.3, 0.4) is 0 Å². The molecule has 0 spiro atoms. The Hall–Kier alpha value is -1.28. The van der Waals surface area contributed by atoms with E-state index in [1.165, 1.54) is 19.2 Å². The van der Waals surface area contributed by atoms with Gasteiger partial charge in [-0.25, -0.2) is 8.42 Å². The highest BCUT2D eigenvalue weighted by Gasteiger charge is 2.19. The van der Waals surface area contributed by atoms with E-state index in [0.717, 1.165) is 16.9 Å². The number of sulfonamides is 1. The van der Waals surface area contributed by atoms with E-state index in [1.807, 2.05) is 0 Å².